The molecule has 2 N–H and O–H groups in total. The molecule has 0 radical (unpaired) electrons. The Balaban J connectivity index is 0.00000128. The Kier molecular flexibility index (Phi) is 4.10. The summed E-state index contributed by atoms with van der Waals surface area (Å²) in [6.07, 6.45) is 0.763. The second-order valence-corrected chi connectivity index (χ2v) is 4.07. The van der Waals surface area contributed by atoms with Crippen LogP contribution in [0.5, 0.6) is 0 Å². The highest BCUT2D eigenvalue weighted by molar-refractivity contribution is 5.85. The average molecular weight is 249 g/mol. The predicted octanol–water partition coefficient (Wildman–Crippen LogP) is 2.10. The third-order valence-electron chi connectivity index (χ3n) is 2.62. The SMILES string of the molecule is CC(N)CN1CCc2cc(F)c(F)cc21.Cl. The van der Waals surface area contributed by atoms with E-state index in [0.29, 0.717) is 6.54 Å². The van der Waals surface area contributed by atoms with E-state index < -0.39 is 11.6 Å². The molecule has 1 atom stereocenters. The van der Waals surface area contributed by atoms with E-state index in [4.69, 9.17) is 5.73 Å². The lowest BCUT2D eigenvalue weighted by molar-refractivity contribution is 0.508. The van der Waals surface area contributed by atoms with Crippen LogP contribution in [-0.2, 0) is 6.42 Å². The van der Waals surface area contributed by atoms with Gasteiger partial charge in [-0.3, -0.25) is 0 Å². The van der Waals surface area contributed by atoms with Crippen LogP contribution >= 0.6 is 12.4 Å². The number of rotatable bonds is 2. The van der Waals surface area contributed by atoms with E-state index in [1.807, 2.05) is 11.8 Å². The Morgan fingerprint density at radius 1 is 1.38 bits per heavy atom. The van der Waals surface area contributed by atoms with Gasteiger partial charge in [-0.1, -0.05) is 0 Å². The lowest BCUT2D eigenvalue weighted by atomic mass is 10.1. The van der Waals surface area contributed by atoms with Crippen molar-refractivity contribution in [3.8, 4) is 0 Å². The van der Waals surface area contributed by atoms with Crippen molar-refractivity contribution in [1.82, 2.24) is 0 Å². The van der Waals surface area contributed by atoms with Gasteiger partial charge in [-0.15, -0.1) is 12.4 Å². The average Bonchev–Trinajstić information content (AvgIpc) is 2.49. The first-order valence-corrected chi connectivity index (χ1v) is 5.06. The first kappa shape index (κ1) is 13.2. The molecule has 0 amide bonds. The quantitative estimate of drug-likeness (QED) is 0.869. The third kappa shape index (κ3) is 2.44. The van der Waals surface area contributed by atoms with E-state index in [0.717, 1.165) is 24.2 Å². The third-order valence-corrected chi connectivity index (χ3v) is 2.62. The minimum absolute atomic E-state index is 0. The molecule has 0 bridgehead atoms. The van der Waals surface area contributed by atoms with Gasteiger partial charge < -0.3 is 10.6 Å². The van der Waals surface area contributed by atoms with Crippen LogP contribution in [0, 0.1) is 11.6 Å². The maximum atomic E-state index is 13.1. The zero-order valence-electron chi connectivity index (χ0n) is 9.04. The van der Waals surface area contributed by atoms with Crippen LogP contribution in [0.4, 0.5) is 14.5 Å². The number of hydrogen-bond donors (Lipinski definition) is 1. The van der Waals surface area contributed by atoms with Gasteiger partial charge in [-0.2, -0.15) is 0 Å². The summed E-state index contributed by atoms with van der Waals surface area (Å²) in [5.74, 6) is -1.55. The highest BCUT2D eigenvalue weighted by Crippen LogP contribution is 2.29. The summed E-state index contributed by atoms with van der Waals surface area (Å²) in [7, 11) is 0. The zero-order chi connectivity index (χ0) is 11.0. The molecule has 0 saturated heterocycles. The monoisotopic (exact) mass is 248 g/mol. The van der Waals surface area contributed by atoms with E-state index in [-0.39, 0.29) is 18.4 Å². The van der Waals surface area contributed by atoms with Gasteiger partial charge in [-0.05, 0) is 25.0 Å². The number of anilines is 1. The van der Waals surface area contributed by atoms with Gasteiger partial charge in [0.1, 0.15) is 0 Å². The van der Waals surface area contributed by atoms with Crippen molar-refractivity contribution < 1.29 is 8.78 Å². The van der Waals surface area contributed by atoms with Crippen molar-refractivity contribution in [2.45, 2.75) is 19.4 Å². The molecule has 16 heavy (non-hydrogen) atoms. The van der Waals surface area contributed by atoms with E-state index in [1.165, 1.54) is 12.1 Å². The van der Waals surface area contributed by atoms with E-state index in [1.54, 1.807) is 0 Å². The summed E-state index contributed by atoms with van der Waals surface area (Å²) < 4.78 is 26.0. The van der Waals surface area contributed by atoms with Crippen LogP contribution in [0.3, 0.4) is 0 Å². The van der Waals surface area contributed by atoms with Gasteiger partial charge in [0.05, 0.1) is 0 Å². The first-order chi connectivity index (χ1) is 7.08. The second kappa shape index (κ2) is 4.97. The molecule has 1 aromatic carbocycles. The maximum Gasteiger partial charge on any atom is 0.160 e. The van der Waals surface area contributed by atoms with Gasteiger partial charge >= 0.3 is 0 Å². The minimum Gasteiger partial charge on any atom is -0.369 e. The molecule has 0 fully saturated rings. The summed E-state index contributed by atoms with van der Waals surface area (Å²) in [6, 6.07) is 2.58. The fourth-order valence-corrected chi connectivity index (χ4v) is 1.99. The number of nitrogens with two attached hydrogens (primary N) is 1. The molecule has 90 valence electrons. The molecule has 1 heterocycles. The van der Waals surface area contributed by atoms with Crippen LogP contribution < -0.4 is 10.6 Å². The fraction of sp³-hybridized carbons (Fsp3) is 0.455. The Labute approximate surface area is 99.8 Å². The van der Waals surface area contributed by atoms with Crippen LogP contribution in [0.1, 0.15) is 12.5 Å². The summed E-state index contributed by atoms with van der Waals surface area (Å²) >= 11 is 0. The number of benzene rings is 1. The molecule has 1 aromatic rings. The Hall–Kier alpha value is -0.870. The van der Waals surface area contributed by atoms with Gasteiger partial charge in [0, 0.05) is 30.9 Å². The fourth-order valence-electron chi connectivity index (χ4n) is 1.99. The molecule has 2 nitrogen and oxygen atoms in total. The summed E-state index contributed by atoms with van der Waals surface area (Å²) in [4.78, 5) is 2.00. The first-order valence-electron chi connectivity index (χ1n) is 5.06. The molecular formula is C11H15ClF2N2. The maximum absolute atomic E-state index is 13.1. The molecule has 2 rings (SSSR count). The molecule has 0 aliphatic carbocycles. The summed E-state index contributed by atoms with van der Waals surface area (Å²) in [6.45, 7) is 3.37. The predicted molar refractivity (Wildman–Crippen MR) is 63.2 cm³/mol. The Morgan fingerprint density at radius 2 is 2.00 bits per heavy atom. The highest BCUT2D eigenvalue weighted by atomic mass is 35.5. The smallest absolute Gasteiger partial charge is 0.160 e. The molecule has 0 saturated carbocycles. The number of fused-ring (bicyclic) bond motifs is 1. The van der Waals surface area contributed by atoms with Crippen molar-refractivity contribution >= 4 is 18.1 Å². The van der Waals surface area contributed by atoms with E-state index >= 15 is 0 Å². The summed E-state index contributed by atoms with van der Waals surface area (Å²) in [5.41, 5.74) is 7.34. The highest BCUT2D eigenvalue weighted by Gasteiger charge is 2.22. The van der Waals surface area contributed by atoms with Gasteiger partial charge in [0.25, 0.3) is 0 Å². The van der Waals surface area contributed by atoms with Crippen LogP contribution in [-0.4, -0.2) is 19.1 Å². The van der Waals surface area contributed by atoms with E-state index in [2.05, 4.69) is 0 Å². The van der Waals surface area contributed by atoms with E-state index in [9.17, 15) is 8.78 Å². The van der Waals surface area contributed by atoms with Gasteiger partial charge in [0.2, 0.25) is 0 Å². The molecule has 0 spiro atoms. The van der Waals surface area contributed by atoms with Crippen molar-refractivity contribution in [1.29, 1.82) is 0 Å². The molecule has 5 heteroatoms. The normalized spacial score (nSPS) is 15.6. The minimum atomic E-state index is -0.787. The molecule has 0 aromatic heterocycles. The molecule has 1 aliphatic heterocycles. The van der Waals surface area contributed by atoms with Crippen molar-refractivity contribution in [3.05, 3.63) is 29.3 Å². The zero-order valence-corrected chi connectivity index (χ0v) is 9.86. The van der Waals surface area contributed by atoms with Gasteiger partial charge in [0.15, 0.2) is 11.6 Å². The molecule has 1 unspecified atom stereocenters. The lowest BCUT2D eigenvalue weighted by Crippen LogP contribution is -2.34. The topological polar surface area (TPSA) is 29.3 Å². The Bertz CT molecular complexity index is 382. The number of halogens is 3. The second-order valence-electron chi connectivity index (χ2n) is 4.07. The standard InChI is InChI=1S/C11H14F2N2.ClH/c1-7(14)6-15-3-2-8-4-9(12)10(13)5-11(8)15;/h4-5,7H,2-3,6,14H2,1H3;1H. The lowest BCUT2D eigenvalue weighted by Gasteiger charge is -2.21. The Morgan fingerprint density at radius 3 is 2.62 bits per heavy atom. The summed E-state index contributed by atoms with van der Waals surface area (Å²) in [5, 5.41) is 0. The molecular weight excluding hydrogens is 234 g/mol. The van der Waals surface area contributed by atoms with Crippen LogP contribution in [0.25, 0.3) is 0 Å². The van der Waals surface area contributed by atoms with Crippen molar-refractivity contribution in [2.24, 2.45) is 5.73 Å². The molecule has 1 aliphatic rings. The van der Waals surface area contributed by atoms with Crippen molar-refractivity contribution in [2.75, 3.05) is 18.0 Å². The number of nitrogens with zero attached hydrogens (tertiary/aromatic N) is 1. The van der Waals surface area contributed by atoms with Gasteiger partial charge in [-0.25, -0.2) is 8.78 Å². The van der Waals surface area contributed by atoms with Crippen molar-refractivity contribution in [3.63, 3.8) is 0 Å². The largest absolute Gasteiger partial charge is 0.369 e. The van der Waals surface area contributed by atoms with Crippen LogP contribution in [0.2, 0.25) is 0 Å². The van der Waals surface area contributed by atoms with Crippen LogP contribution in [0.15, 0.2) is 12.1 Å². The number of hydrogen-bond acceptors (Lipinski definition) is 2.